The van der Waals surface area contributed by atoms with E-state index >= 15 is 0 Å². The summed E-state index contributed by atoms with van der Waals surface area (Å²) < 4.78 is 0. The average Bonchev–Trinajstić information content (AvgIpc) is 2.79. The summed E-state index contributed by atoms with van der Waals surface area (Å²) in [7, 11) is 0. The van der Waals surface area contributed by atoms with Gasteiger partial charge in [-0.1, -0.05) is 64.4 Å². The van der Waals surface area contributed by atoms with Crippen LogP contribution in [0.3, 0.4) is 0 Å². The van der Waals surface area contributed by atoms with Gasteiger partial charge in [-0.05, 0) is 17.4 Å². The number of aliphatic carboxylic acids is 1. The molecule has 7 N–H and O–H groups in total. The van der Waals surface area contributed by atoms with Crippen LogP contribution >= 0.6 is 0 Å². The van der Waals surface area contributed by atoms with Crippen LogP contribution in [0.15, 0.2) is 30.3 Å². The third-order valence-corrected chi connectivity index (χ3v) is 5.47. The monoisotopic (exact) mass is 464 g/mol. The molecule has 0 radical (unpaired) electrons. The van der Waals surface area contributed by atoms with Crippen LogP contribution in [0.25, 0.3) is 0 Å². The first-order valence-electron chi connectivity index (χ1n) is 11.1. The van der Waals surface area contributed by atoms with Crippen LogP contribution in [-0.2, 0) is 25.6 Å². The van der Waals surface area contributed by atoms with Gasteiger partial charge in [-0.25, -0.2) is 4.79 Å². The van der Waals surface area contributed by atoms with Gasteiger partial charge in [-0.2, -0.15) is 0 Å². The first-order chi connectivity index (χ1) is 15.5. The summed E-state index contributed by atoms with van der Waals surface area (Å²) in [5.41, 5.74) is 6.33. The third kappa shape index (κ3) is 8.82. The Morgan fingerprint density at radius 2 is 1.48 bits per heavy atom. The highest BCUT2D eigenvalue weighted by atomic mass is 16.4. The van der Waals surface area contributed by atoms with E-state index in [2.05, 4.69) is 16.0 Å². The van der Waals surface area contributed by atoms with Gasteiger partial charge in [0.2, 0.25) is 17.7 Å². The molecular weight excluding hydrogens is 428 g/mol. The minimum absolute atomic E-state index is 0.133. The fourth-order valence-electron chi connectivity index (χ4n) is 3.14. The summed E-state index contributed by atoms with van der Waals surface area (Å²) in [6, 6.07) is 4.59. The molecule has 184 valence electrons. The van der Waals surface area contributed by atoms with E-state index in [1.807, 2.05) is 13.0 Å². The number of carboxylic acids is 1. The molecule has 10 nitrogen and oxygen atoms in total. The van der Waals surface area contributed by atoms with Gasteiger partial charge in [0, 0.05) is 6.42 Å². The number of rotatable bonds is 13. The number of nitrogens with one attached hydrogen (secondary N) is 3. The number of carbonyl (C=O) groups excluding carboxylic acids is 3. The quantitative estimate of drug-likeness (QED) is 0.234. The fraction of sp³-hybridized carbons (Fsp3) is 0.565. The Morgan fingerprint density at radius 1 is 0.909 bits per heavy atom. The van der Waals surface area contributed by atoms with E-state index in [4.69, 9.17) is 10.8 Å². The third-order valence-electron chi connectivity index (χ3n) is 5.47. The second kappa shape index (κ2) is 13.5. The second-order valence-electron chi connectivity index (χ2n) is 8.48. The predicted octanol–water partition coefficient (Wildman–Crippen LogP) is -0.210. The Balaban J connectivity index is 3.06. The van der Waals surface area contributed by atoms with Gasteiger partial charge in [0.25, 0.3) is 0 Å². The van der Waals surface area contributed by atoms with Crippen LogP contribution in [0, 0.1) is 11.8 Å². The van der Waals surface area contributed by atoms with Gasteiger partial charge >= 0.3 is 5.97 Å². The summed E-state index contributed by atoms with van der Waals surface area (Å²) >= 11 is 0. The molecule has 0 aliphatic heterocycles. The average molecular weight is 465 g/mol. The Labute approximate surface area is 194 Å². The van der Waals surface area contributed by atoms with Crippen molar-refractivity contribution in [3.8, 4) is 0 Å². The first-order valence-corrected chi connectivity index (χ1v) is 11.1. The topological polar surface area (TPSA) is 171 Å². The number of hydrogen-bond donors (Lipinski definition) is 6. The number of aliphatic hydroxyl groups excluding tert-OH is 1. The van der Waals surface area contributed by atoms with Crippen LogP contribution in [-0.4, -0.2) is 64.7 Å². The molecule has 10 heteroatoms. The van der Waals surface area contributed by atoms with E-state index in [0.717, 1.165) is 5.56 Å². The highest BCUT2D eigenvalue weighted by Crippen LogP contribution is 2.11. The lowest BCUT2D eigenvalue weighted by molar-refractivity contribution is -0.144. The normalized spacial score (nSPS) is 15.6. The number of amides is 3. The van der Waals surface area contributed by atoms with Gasteiger partial charge in [0.1, 0.15) is 24.2 Å². The zero-order valence-corrected chi connectivity index (χ0v) is 19.6. The van der Waals surface area contributed by atoms with E-state index in [-0.39, 0.29) is 18.3 Å². The van der Waals surface area contributed by atoms with Crippen molar-refractivity contribution in [2.75, 3.05) is 6.61 Å². The lowest BCUT2D eigenvalue weighted by Crippen LogP contribution is -2.59. The molecule has 5 unspecified atom stereocenters. The van der Waals surface area contributed by atoms with Crippen LogP contribution in [0.2, 0.25) is 0 Å². The van der Waals surface area contributed by atoms with Gasteiger partial charge in [-0.3, -0.25) is 14.4 Å². The summed E-state index contributed by atoms with van der Waals surface area (Å²) in [6.07, 6.45) is 0.680. The molecule has 0 fully saturated rings. The van der Waals surface area contributed by atoms with Gasteiger partial charge < -0.3 is 31.9 Å². The van der Waals surface area contributed by atoms with E-state index < -0.39 is 54.5 Å². The highest BCUT2D eigenvalue weighted by Gasteiger charge is 2.33. The molecule has 3 amide bonds. The molecule has 0 bridgehead atoms. The standard InChI is InChI=1S/C23H36N4O6/c1-5-14(4)19(23(32)33)27-22(31)18(13(2)3)26-21(30)17(25-20(29)16(24)12-28)11-15-9-7-6-8-10-15/h6-10,13-14,16-19,28H,5,11-12,24H2,1-4H3,(H,25,29)(H,26,30)(H,27,31)(H,32,33). The summed E-state index contributed by atoms with van der Waals surface area (Å²) in [5, 5.41) is 26.3. The number of nitrogens with two attached hydrogens (primary N) is 1. The Bertz CT molecular complexity index is 801. The van der Waals surface area contributed by atoms with Crippen molar-refractivity contribution in [2.24, 2.45) is 17.6 Å². The second-order valence-corrected chi connectivity index (χ2v) is 8.48. The van der Waals surface area contributed by atoms with E-state index in [1.54, 1.807) is 45.0 Å². The van der Waals surface area contributed by atoms with E-state index in [1.165, 1.54) is 0 Å². The number of hydrogen-bond acceptors (Lipinski definition) is 6. The molecule has 33 heavy (non-hydrogen) atoms. The predicted molar refractivity (Wildman–Crippen MR) is 123 cm³/mol. The Kier molecular flexibility index (Phi) is 11.5. The Morgan fingerprint density at radius 3 is 1.97 bits per heavy atom. The largest absolute Gasteiger partial charge is 0.480 e. The summed E-state index contributed by atoms with van der Waals surface area (Å²) in [6.45, 7) is 6.39. The van der Waals surface area contributed by atoms with Crippen LogP contribution in [0.1, 0.15) is 39.7 Å². The molecule has 0 spiro atoms. The van der Waals surface area contributed by atoms with Crippen molar-refractivity contribution >= 4 is 23.7 Å². The molecule has 0 aliphatic rings. The summed E-state index contributed by atoms with van der Waals surface area (Å²) in [5.74, 6) is -3.77. The van der Waals surface area contributed by atoms with Crippen LogP contribution < -0.4 is 21.7 Å². The number of aliphatic hydroxyl groups is 1. The number of benzene rings is 1. The van der Waals surface area contributed by atoms with Crippen molar-refractivity contribution in [1.29, 1.82) is 0 Å². The van der Waals surface area contributed by atoms with Gasteiger partial charge in [0.05, 0.1) is 6.61 Å². The molecule has 0 aliphatic carbocycles. The molecule has 0 heterocycles. The maximum absolute atomic E-state index is 13.1. The first kappa shape index (κ1) is 28.1. The number of carbonyl (C=O) groups is 4. The van der Waals surface area contributed by atoms with Crippen molar-refractivity contribution in [3.05, 3.63) is 35.9 Å². The highest BCUT2D eigenvalue weighted by molar-refractivity contribution is 5.94. The molecule has 0 saturated carbocycles. The minimum atomic E-state index is -1.20. The van der Waals surface area contributed by atoms with E-state index in [9.17, 15) is 24.3 Å². The maximum atomic E-state index is 13.1. The lowest BCUT2D eigenvalue weighted by atomic mass is 9.97. The summed E-state index contributed by atoms with van der Waals surface area (Å²) in [4.78, 5) is 49.8. The zero-order valence-electron chi connectivity index (χ0n) is 19.6. The molecule has 0 aromatic heterocycles. The van der Waals surface area contributed by atoms with Crippen LogP contribution in [0.4, 0.5) is 0 Å². The van der Waals surface area contributed by atoms with Crippen molar-refractivity contribution in [2.45, 2.75) is 64.7 Å². The fourth-order valence-corrected chi connectivity index (χ4v) is 3.14. The molecule has 1 aromatic rings. The van der Waals surface area contributed by atoms with Gasteiger partial charge in [-0.15, -0.1) is 0 Å². The smallest absolute Gasteiger partial charge is 0.326 e. The van der Waals surface area contributed by atoms with Crippen molar-refractivity contribution in [3.63, 3.8) is 0 Å². The van der Waals surface area contributed by atoms with Crippen LogP contribution in [0.5, 0.6) is 0 Å². The van der Waals surface area contributed by atoms with E-state index in [0.29, 0.717) is 6.42 Å². The van der Waals surface area contributed by atoms with Crippen molar-refractivity contribution < 1.29 is 29.4 Å². The Hall–Kier alpha value is -2.98. The number of carboxylic acid groups (broad SMARTS) is 1. The maximum Gasteiger partial charge on any atom is 0.326 e. The van der Waals surface area contributed by atoms with Gasteiger partial charge in [0.15, 0.2) is 0 Å². The molecule has 1 rings (SSSR count). The molecule has 0 saturated heterocycles. The zero-order chi connectivity index (χ0) is 25.1. The SMILES string of the molecule is CCC(C)C(NC(=O)C(NC(=O)C(Cc1ccccc1)NC(=O)C(N)CO)C(C)C)C(=O)O. The molecule has 1 aromatic carbocycles. The molecular formula is C23H36N4O6. The lowest BCUT2D eigenvalue weighted by Gasteiger charge is -2.28. The minimum Gasteiger partial charge on any atom is -0.480 e. The molecule has 5 atom stereocenters. The van der Waals surface area contributed by atoms with Crippen molar-refractivity contribution in [1.82, 2.24) is 16.0 Å².